The molecule has 0 fully saturated rings. The number of pyridine rings is 1. The second-order valence-electron chi connectivity index (χ2n) is 5.48. The van der Waals surface area contributed by atoms with Crippen LogP contribution in [-0.4, -0.2) is 33.0 Å². The lowest BCUT2D eigenvalue weighted by Crippen LogP contribution is -2.29. The van der Waals surface area contributed by atoms with Crippen molar-refractivity contribution in [1.29, 1.82) is 0 Å². The summed E-state index contributed by atoms with van der Waals surface area (Å²) in [6.07, 6.45) is 4.60. The van der Waals surface area contributed by atoms with E-state index in [1.165, 1.54) is 0 Å². The molecule has 0 amide bonds. The summed E-state index contributed by atoms with van der Waals surface area (Å²) in [5, 5.41) is 4.05. The number of hydrogen-bond donors (Lipinski definition) is 2. The van der Waals surface area contributed by atoms with E-state index in [-0.39, 0.29) is 17.3 Å². The van der Waals surface area contributed by atoms with E-state index in [4.69, 9.17) is 0 Å². The fraction of sp³-hybridized carbons (Fsp3) is 0.312. The molecule has 0 aliphatic carbocycles. The molecule has 2 N–H and O–H groups in total. The number of hydrogen-bond acceptors (Lipinski definition) is 4. The minimum absolute atomic E-state index is 0. The van der Waals surface area contributed by atoms with Crippen LogP contribution in [-0.2, 0) is 10.0 Å². The van der Waals surface area contributed by atoms with E-state index in [9.17, 15) is 8.42 Å². The van der Waals surface area contributed by atoms with Crippen molar-refractivity contribution in [3.05, 3.63) is 47.7 Å². The van der Waals surface area contributed by atoms with Crippen LogP contribution in [0.3, 0.4) is 0 Å². The number of rotatable bonds is 4. The molecule has 2 heterocycles. The van der Waals surface area contributed by atoms with E-state index in [0.29, 0.717) is 12.1 Å². The van der Waals surface area contributed by atoms with Gasteiger partial charge in [-0.3, -0.25) is 4.98 Å². The maximum absolute atomic E-state index is 12.6. The SMILES string of the molecule is Cc1cnc2c(S(=O)(=O)NCC3=CCNCC3)cccc2c1.Cl. The first-order chi connectivity index (χ1) is 10.6. The average molecular weight is 354 g/mol. The van der Waals surface area contributed by atoms with Gasteiger partial charge in [-0.25, -0.2) is 13.1 Å². The van der Waals surface area contributed by atoms with E-state index < -0.39 is 10.0 Å². The zero-order chi connectivity index (χ0) is 15.6. The second kappa shape index (κ2) is 7.40. The van der Waals surface area contributed by atoms with E-state index in [0.717, 1.165) is 36.0 Å². The Hall–Kier alpha value is -1.47. The van der Waals surface area contributed by atoms with Gasteiger partial charge in [0.05, 0.1) is 5.52 Å². The van der Waals surface area contributed by atoms with Crippen molar-refractivity contribution >= 4 is 33.3 Å². The van der Waals surface area contributed by atoms with Gasteiger partial charge in [-0.15, -0.1) is 12.4 Å². The van der Waals surface area contributed by atoms with E-state index in [2.05, 4.69) is 15.0 Å². The third-order valence-corrected chi connectivity index (χ3v) is 5.18. The molecular formula is C16H20ClN3O2S. The summed E-state index contributed by atoms with van der Waals surface area (Å²) in [6, 6.07) is 7.17. The molecule has 0 unspecified atom stereocenters. The quantitative estimate of drug-likeness (QED) is 0.826. The monoisotopic (exact) mass is 353 g/mol. The normalized spacial score (nSPS) is 15.1. The molecule has 1 aromatic carbocycles. The number of halogens is 1. The van der Waals surface area contributed by atoms with Crippen molar-refractivity contribution in [2.24, 2.45) is 0 Å². The Balaban J connectivity index is 0.00000192. The number of nitrogens with zero attached hydrogens (tertiary/aromatic N) is 1. The van der Waals surface area contributed by atoms with Crippen molar-refractivity contribution < 1.29 is 8.42 Å². The van der Waals surface area contributed by atoms with Crippen LogP contribution in [0, 0.1) is 6.92 Å². The highest BCUT2D eigenvalue weighted by atomic mass is 35.5. The molecule has 0 spiro atoms. The first-order valence-corrected chi connectivity index (χ1v) is 8.78. The topological polar surface area (TPSA) is 71.1 Å². The van der Waals surface area contributed by atoms with Gasteiger partial charge in [0, 0.05) is 24.7 Å². The van der Waals surface area contributed by atoms with E-state index in [1.807, 2.05) is 25.1 Å². The number of sulfonamides is 1. The standard InChI is InChI=1S/C16H19N3O2S.ClH/c1-12-9-14-3-2-4-15(16(14)18-10-12)22(20,21)19-11-13-5-7-17-8-6-13;/h2-5,9-10,17,19H,6-8,11H2,1H3;1H. The van der Waals surface area contributed by atoms with Gasteiger partial charge in [0.15, 0.2) is 0 Å². The van der Waals surface area contributed by atoms with Gasteiger partial charge in [-0.05, 0) is 37.6 Å². The smallest absolute Gasteiger partial charge is 0.243 e. The Morgan fingerprint density at radius 3 is 2.91 bits per heavy atom. The third-order valence-electron chi connectivity index (χ3n) is 3.75. The predicted octanol–water partition coefficient (Wildman–Crippen LogP) is 2.16. The number of fused-ring (bicyclic) bond motifs is 1. The summed E-state index contributed by atoms with van der Waals surface area (Å²) in [5.74, 6) is 0. The molecule has 3 rings (SSSR count). The van der Waals surface area contributed by atoms with Gasteiger partial charge >= 0.3 is 0 Å². The molecule has 124 valence electrons. The van der Waals surface area contributed by atoms with Gasteiger partial charge in [0.25, 0.3) is 0 Å². The first kappa shape index (κ1) is 17.9. The minimum atomic E-state index is -3.57. The largest absolute Gasteiger partial charge is 0.313 e. The summed E-state index contributed by atoms with van der Waals surface area (Å²) < 4.78 is 27.8. The molecular weight excluding hydrogens is 334 g/mol. The van der Waals surface area contributed by atoms with Crippen LogP contribution in [0.1, 0.15) is 12.0 Å². The summed E-state index contributed by atoms with van der Waals surface area (Å²) in [4.78, 5) is 4.53. The van der Waals surface area contributed by atoms with Crippen LogP contribution in [0.2, 0.25) is 0 Å². The number of aromatic nitrogens is 1. The highest BCUT2D eigenvalue weighted by Crippen LogP contribution is 2.21. The summed E-state index contributed by atoms with van der Waals surface area (Å²) in [7, 11) is -3.57. The van der Waals surface area contributed by atoms with Gasteiger partial charge in [-0.1, -0.05) is 23.8 Å². The van der Waals surface area contributed by atoms with Crippen molar-refractivity contribution in [1.82, 2.24) is 15.0 Å². The van der Waals surface area contributed by atoms with Gasteiger partial charge < -0.3 is 5.32 Å². The molecule has 1 aliphatic rings. The molecule has 1 aromatic heterocycles. The fourth-order valence-corrected chi connectivity index (χ4v) is 3.77. The fourth-order valence-electron chi connectivity index (χ4n) is 2.56. The van der Waals surface area contributed by atoms with Gasteiger partial charge in [0.2, 0.25) is 10.0 Å². The van der Waals surface area contributed by atoms with E-state index >= 15 is 0 Å². The zero-order valence-corrected chi connectivity index (χ0v) is 14.5. The van der Waals surface area contributed by atoms with Crippen molar-refractivity contribution in [2.75, 3.05) is 19.6 Å². The van der Waals surface area contributed by atoms with Crippen LogP contribution in [0.5, 0.6) is 0 Å². The van der Waals surface area contributed by atoms with Gasteiger partial charge in [-0.2, -0.15) is 0 Å². The predicted molar refractivity (Wildman–Crippen MR) is 94.5 cm³/mol. The van der Waals surface area contributed by atoms with Crippen LogP contribution in [0.25, 0.3) is 10.9 Å². The van der Waals surface area contributed by atoms with Gasteiger partial charge in [0.1, 0.15) is 4.90 Å². The Bertz CT molecular complexity index is 834. The van der Waals surface area contributed by atoms with Crippen molar-refractivity contribution in [3.63, 3.8) is 0 Å². The Kier molecular flexibility index (Phi) is 5.75. The maximum atomic E-state index is 12.6. The number of benzene rings is 1. The summed E-state index contributed by atoms with van der Waals surface area (Å²) in [6.45, 7) is 3.98. The molecule has 2 aromatic rings. The summed E-state index contributed by atoms with van der Waals surface area (Å²) >= 11 is 0. The van der Waals surface area contributed by atoms with Crippen LogP contribution >= 0.6 is 12.4 Å². The zero-order valence-electron chi connectivity index (χ0n) is 12.9. The third kappa shape index (κ3) is 4.09. The van der Waals surface area contributed by atoms with Crippen LogP contribution in [0.4, 0.5) is 0 Å². The van der Waals surface area contributed by atoms with Crippen molar-refractivity contribution in [2.45, 2.75) is 18.2 Å². The number of para-hydroxylation sites is 1. The molecule has 0 radical (unpaired) electrons. The number of nitrogens with one attached hydrogen (secondary N) is 2. The van der Waals surface area contributed by atoms with Crippen LogP contribution < -0.4 is 10.0 Å². The first-order valence-electron chi connectivity index (χ1n) is 7.30. The highest BCUT2D eigenvalue weighted by molar-refractivity contribution is 7.89. The molecule has 0 saturated carbocycles. The lowest BCUT2D eigenvalue weighted by atomic mass is 10.1. The Labute approximate surface area is 142 Å². The maximum Gasteiger partial charge on any atom is 0.243 e. The number of aryl methyl sites for hydroxylation is 1. The highest BCUT2D eigenvalue weighted by Gasteiger charge is 2.18. The summed E-state index contributed by atoms with van der Waals surface area (Å²) in [5.41, 5.74) is 2.64. The lowest BCUT2D eigenvalue weighted by molar-refractivity contribution is 0.583. The molecule has 23 heavy (non-hydrogen) atoms. The molecule has 0 saturated heterocycles. The average Bonchev–Trinajstić information content (AvgIpc) is 2.53. The molecule has 7 heteroatoms. The van der Waals surface area contributed by atoms with Crippen molar-refractivity contribution in [3.8, 4) is 0 Å². The molecule has 5 nitrogen and oxygen atoms in total. The molecule has 1 aliphatic heterocycles. The minimum Gasteiger partial charge on any atom is -0.313 e. The Morgan fingerprint density at radius 2 is 2.17 bits per heavy atom. The molecule has 0 bridgehead atoms. The lowest BCUT2D eigenvalue weighted by Gasteiger charge is -2.15. The van der Waals surface area contributed by atoms with E-state index in [1.54, 1.807) is 18.3 Å². The Morgan fingerprint density at radius 1 is 1.35 bits per heavy atom. The van der Waals surface area contributed by atoms with Crippen LogP contribution in [0.15, 0.2) is 47.0 Å². The molecule has 0 atom stereocenters. The second-order valence-corrected chi connectivity index (χ2v) is 7.22.